The molecule has 2 atom stereocenters. The van der Waals surface area contributed by atoms with Crippen molar-refractivity contribution >= 4 is 5.91 Å². The summed E-state index contributed by atoms with van der Waals surface area (Å²) < 4.78 is 5.56. The summed E-state index contributed by atoms with van der Waals surface area (Å²) >= 11 is 0. The minimum absolute atomic E-state index is 0.0408. The predicted octanol–water partition coefficient (Wildman–Crippen LogP) is 0.904. The van der Waals surface area contributed by atoms with Gasteiger partial charge >= 0.3 is 0 Å². The molecule has 0 aromatic carbocycles. The zero-order chi connectivity index (χ0) is 11.8. The van der Waals surface area contributed by atoms with Crippen LogP contribution in [-0.4, -0.2) is 32.7 Å². The minimum Gasteiger partial charge on any atom is -0.381 e. The number of ether oxygens (including phenoxy) is 1. The molecule has 0 aromatic rings. The summed E-state index contributed by atoms with van der Waals surface area (Å²) in [6.45, 7) is 2.05. The zero-order valence-electron chi connectivity index (χ0n) is 10.2. The van der Waals surface area contributed by atoms with Crippen molar-refractivity contribution in [2.24, 2.45) is 17.6 Å². The van der Waals surface area contributed by atoms with Crippen molar-refractivity contribution in [3.05, 3.63) is 0 Å². The van der Waals surface area contributed by atoms with Gasteiger partial charge in [0, 0.05) is 20.1 Å². The van der Waals surface area contributed by atoms with Crippen molar-refractivity contribution in [2.45, 2.75) is 32.1 Å². The van der Waals surface area contributed by atoms with Gasteiger partial charge in [0.05, 0.1) is 6.61 Å². The Labute approximate surface area is 97.9 Å². The number of carbonyl (C=O) groups excluding carboxylic acids is 1. The Morgan fingerprint density at radius 1 is 1.38 bits per heavy atom. The van der Waals surface area contributed by atoms with Gasteiger partial charge in [0.25, 0.3) is 0 Å². The summed E-state index contributed by atoms with van der Waals surface area (Å²) in [5.74, 6) is 1.26. The van der Waals surface area contributed by atoms with E-state index in [1.165, 1.54) is 25.7 Å². The Bertz CT molecular complexity index is 209. The van der Waals surface area contributed by atoms with Crippen LogP contribution in [0, 0.1) is 11.8 Å². The summed E-state index contributed by atoms with van der Waals surface area (Å²) in [4.78, 5) is 11.0. The molecule has 1 aliphatic rings. The Balaban J connectivity index is 2.13. The van der Waals surface area contributed by atoms with Crippen LogP contribution in [0.1, 0.15) is 32.1 Å². The van der Waals surface area contributed by atoms with Gasteiger partial charge in [-0.15, -0.1) is 0 Å². The molecule has 0 saturated heterocycles. The average molecular weight is 228 g/mol. The summed E-state index contributed by atoms with van der Waals surface area (Å²) in [5.41, 5.74) is 5.75. The van der Waals surface area contributed by atoms with Crippen LogP contribution in [0.4, 0.5) is 0 Å². The third-order valence-corrected chi connectivity index (χ3v) is 3.45. The maximum Gasteiger partial charge on any atom is 0.222 e. The fraction of sp³-hybridized carbons (Fsp3) is 0.917. The molecule has 4 heteroatoms. The molecular weight excluding hydrogens is 204 g/mol. The molecule has 94 valence electrons. The second kappa shape index (κ2) is 7.63. The van der Waals surface area contributed by atoms with Gasteiger partial charge in [-0.3, -0.25) is 4.79 Å². The first-order valence-electron chi connectivity index (χ1n) is 6.26. The highest BCUT2D eigenvalue weighted by Crippen LogP contribution is 2.29. The molecule has 4 nitrogen and oxygen atoms in total. The van der Waals surface area contributed by atoms with Crippen LogP contribution >= 0.6 is 0 Å². The SMILES string of the molecule is CNC(=O)CCOCC1CCCCC1CN. The number of nitrogens with two attached hydrogens (primary N) is 1. The highest BCUT2D eigenvalue weighted by atomic mass is 16.5. The number of rotatable bonds is 6. The molecule has 1 saturated carbocycles. The molecule has 1 fully saturated rings. The van der Waals surface area contributed by atoms with Crippen LogP contribution in [0.5, 0.6) is 0 Å². The first-order valence-corrected chi connectivity index (χ1v) is 6.26. The van der Waals surface area contributed by atoms with Gasteiger partial charge in [-0.05, 0) is 31.2 Å². The van der Waals surface area contributed by atoms with E-state index in [2.05, 4.69) is 5.32 Å². The molecule has 0 aliphatic heterocycles. The molecule has 0 radical (unpaired) electrons. The third-order valence-electron chi connectivity index (χ3n) is 3.45. The molecule has 0 aromatic heterocycles. The minimum atomic E-state index is 0.0408. The first-order chi connectivity index (χ1) is 7.77. The summed E-state index contributed by atoms with van der Waals surface area (Å²) in [6.07, 6.45) is 5.51. The third kappa shape index (κ3) is 4.49. The molecule has 1 rings (SSSR count). The van der Waals surface area contributed by atoms with Crippen LogP contribution < -0.4 is 11.1 Å². The Kier molecular flexibility index (Phi) is 6.42. The van der Waals surface area contributed by atoms with E-state index in [1.807, 2.05) is 0 Å². The average Bonchev–Trinajstić information content (AvgIpc) is 2.34. The van der Waals surface area contributed by atoms with Crippen LogP contribution in [0.2, 0.25) is 0 Å². The lowest BCUT2D eigenvalue weighted by Crippen LogP contribution is -2.30. The number of amides is 1. The van der Waals surface area contributed by atoms with Gasteiger partial charge in [-0.1, -0.05) is 12.8 Å². The van der Waals surface area contributed by atoms with E-state index < -0.39 is 0 Å². The predicted molar refractivity (Wildman–Crippen MR) is 64.0 cm³/mol. The van der Waals surface area contributed by atoms with E-state index in [4.69, 9.17) is 10.5 Å². The van der Waals surface area contributed by atoms with Gasteiger partial charge in [0.1, 0.15) is 0 Å². The second-order valence-electron chi connectivity index (χ2n) is 4.54. The van der Waals surface area contributed by atoms with E-state index in [0.29, 0.717) is 24.9 Å². The quantitative estimate of drug-likeness (QED) is 0.664. The molecule has 0 heterocycles. The molecule has 1 amide bonds. The highest BCUT2D eigenvalue weighted by molar-refractivity contribution is 5.75. The summed E-state index contributed by atoms with van der Waals surface area (Å²) in [7, 11) is 1.65. The molecular formula is C12H24N2O2. The van der Waals surface area contributed by atoms with E-state index in [1.54, 1.807) is 7.05 Å². The molecule has 0 bridgehead atoms. The highest BCUT2D eigenvalue weighted by Gasteiger charge is 2.23. The van der Waals surface area contributed by atoms with Gasteiger partial charge < -0.3 is 15.8 Å². The van der Waals surface area contributed by atoms with Gasteiger partial charge in [0.15, 0.2) is 0 Å². The lowest BCUT2D eigenvalue weighted by atomic mass is 9.80. The fourth-order valence-electron chi connectivity index (χ4n) is 2.34. The van der Waals surface area contributed by atoms with Crippen LogP contribution in [0.25, 0.3) is 0 Å². The monoisotopic (exact) mass is 228 g/mol. The largest absolute Gasteiger partial charge is 0.381 e. The molecule has 1 aliphatic carbocycles. The van der Waals surface area contributed by atoms with Crippen molar-refractivity contribution in [3.8, 4) is 0 Å². The van der Waals surface area contributed by atoms with Crippen molar-refractivity contribution in [2.75, 3.05) is 26.8 Å². The summed E-state index contributed by atoms with van der Waals surface area (Å²) in [6, 6.07) is 0. The molecule has 2 unspecified atom stereocenters. The standard InChI is InChI=1S/C12H24N2O2/c1-14-12(15)6-7-16-9-11-5-3-2-4-10(11)8-13/h10-11H,2-9,13H2,1H3,(H,14,15). The zero-order valence-corrected chi connectivity index (χ0v) is 10.2. The molecule has 16 heavy (non-hydrogen) atoms. The van der Waals surface area contributed by atoms with Gasteiger partial charge in [-0.2, -0.15) is 0 Å². The first kappa shape index (κ1) is 13.5. The second-order valence-corrected chi connectivity index (χ2v) is 4.54. The van der Waals surface area contributed by atoms with E-state index in [9.17, 15) is 4.79 Å². The van der Waals surface area contributed by atoms with Crippen LogP contribution in [0.15, 0.2) is 0 Å². The van der Waals surface area contributed by atoms with E-state index in [-0.39, 0.29) is 5.91 Å². The van der Waals surface area contributed by atoms with Crippen molar-refractivity contribution < 1.29 is 9.53 Å². The van der Waals surface area contributed by atoms with Crippen LogP contribution in [0.3, 0.4) is 0 Å². The smallest absolute Gasteiger partial charge is 0.222 e. The van der Waals surface area contributed by atoms with Gasteiger partial charge in [-0.25, -0.2) is 0 Å². The normalized spacial score (nSPS) is 25.4. The van der Waals surface area contributed by atoms with E-state index >= 15 is 0 Å². The van der Waals surface area contributed by atoms with Gasteiger partial charge in [0.2, 0.25) is 5.91 Å². The lowest BCUT2D eigenvalue weighted by molar-refractivity contribution is -0.121. The molecule has 0 spiro atoms. The van der Waals surface area contributed by atoms with Crippen molar-refractivity contribution in [1.82, 2.24) is 5.32 Å². The Hall–Kier alpha value is -0.610. The van der Waals surface area contributed by atoms with Crippen molar-refractivity contribution in [1.29, 1.82) is 0 Å². The van der Waals surface area contributed by atoms with Crippen LogP contribution in [-0.2, 0) is 9.53 Å². The number of carbonyl (C=O) groups is 1. The Morgan fingerprint density at radius 2 is 2.06 bits per heavy atom. The maximum absolute atomic E-state index is 11.0. The number of hydrogen-bond acceptors (Lipinski definition) is 3. The number of nitrogens with one attached hydrogen (secondary N) is 1. The lowest BCUT2D eigenvalue weighted by Gasteiger charge is -2.30. The van der Waals surface area contributed by atoms with E-state index in [0.717, 1.165) is 13.2 Å². The fourth-order valence-corrected chi connectivity index (χ4v) is 2.34. The Morgan fingerprint density at radius 3 is 2.69 bits per heavy atom. The summed E-state index contributed by atoms with van der Waals surface area (Å²) in [5, 5.41) is 2.58. The molecule has 3 N–H and O–H groups in total. The van der Waals surface area contributed by atoms with Crippen molar-refractivity contribution in [3.63, 3.8) is 0 Å². The number of hydrogen-bond donors (Lipinski definition) is 2. The topological polar surface area (TPSA) is 64.3 Å². The maximum atomic E-state index is 11.0.